The first-order chi connectivity index (χ1) is 13.2. The Morgan fingerprint density at radius 3 is 2.63 bits per heavy atom. The van der Waals surface area contributed by atoms with Crippen LogP contribution in [-0.2, 0) is 22.6 Å². The lowest BCUT2D eigenvalue weighted by atomic mass is 9.78. The van der Waals surface area contributed by atoms with Gasteiger partial charge >= 0.3 is 13.1 Å². The van der Waals surface area contributed by atoms with Crippen LogP contribution in [0.3, 0.4) is 0 Å². The third-order valence-corrected chi connectivity index (χ3v) is 6.01. The fourth-order valence-corrected chi connectivity index (χ4v) is 4.32. The smallest absolute Gasteiger partial charge is 0.451 e. The Kier molecular flexibility index (Phi) is 9.88. The highest BCUT2D eigenvalue weighted by atomic mass is 35.5. The number of rotatable bonds is 6. The van der Waals surface area contributed by atoms with E-state index in [1.807, 2.05) is 12.1 Å². The Bertz CT molecular complexity index is 773. The van der Waals surface area contributed by atoms with Crippen LogP contribution in [0.1, 0.15) is 24.0 Å². The third kappa shape index (κ3) is 5.79. The van der Waals surface area contributed by atoms with Gasteiger partial charge in [-0.2, -0.15) is 0 Å². The second-order valence-electron chi connectivity index (χ2n) is 7.72. The zero-order chi connectivity index (χ0) is 20.5. The van der Waals surface area contributed by atoms with Crippen LogP contribution in [0.4, 0.5) is 0 Å². The first kappa shape index (κ1) is 27.0. The van der Waals surface area contributed by atoms with Gasteiger partial charge in [0, 0.05) is 30.6 Å². The van der Waals surface area contributed by atoms with Crippen molar-refractivity contribution in [2.24, 2.45) is 11.7 Å². The minimum Gasteiger partial charge on any atom is -0.480 e. The summed E-state index contributed by atoms with van der Waals surface area (Å²) in [5.41, 5.74) is 6.73. The molecule has 1 unspecified atom stereocenters. The molecule has 2 heterocycles. The van der Waals surface area contributed by atoms with Crippen LogP contribution in [0.15, 0.2) is 18.2 Å². The van der Waals surface area contributed by atoms with E-state index in [4.69, 9.17) is 27.4 Å². The van der Waals surface area contributed by atoms with Crippen molar-refractivity contribution < 1.29 is 24.7 Å². The maximum absolute atomic E-state index is 13.0. The molecule has 0 bridgehead atoms. The molecule has 168 valence electrons. The maximum Gasteiger partial charge on any atom is 0.451 e. The van der Waals surface area contributed by atoms with Crippen molar-refractivity contribution in [3.8, 4) is 0 Å². The molecule has 12 heteroatoms. The van der Waals surface area contributed by atoms with Gasteiger partial charge in [0.05, 0.1) is 6.04 Å². The topological polar surface area (TPSA) is 136 Å². The summed E-state index contributed by atoms with van der Waals surface area (Å²) in [7, 11) is -1.43. The number of amides is 1. The molecule has 3 atom stereocenters. The monoisotopic (exact) mass is 481 g/mol. The van der Waals surface area contributed by atoms with Crippen LogP contribution in [0, 0.1) is 5.92 Å². The molecule has 1 fully saturated rings. The summed E-state index contributed by atoms with van der Waals surface area (Å²) in [5.74, 6) is -1.75. The number of hydrogen-bond donors (Lipinski definition) is 5. The van der Waals surface area contributed by atoms with Gasteiger partial charge in [-0.25, -0.2) is 0 Å². The second kappa shape index (κ2) is 11.0. The normalized spacial score (nSPS) is 25.0. The molecule has 0 saturated carbocycles. The lowest BCUT2D eigenvalue weighted by molar-refractivity contribution is -0.144. The third-order valence-electron chi connectivity index (χ3n) is 5.78. The molecule has 0 spiro atoms. The number of carboxylic acid groups (broad SMARTS) is 1. The highest BCUT2D eigenvalue weighted by Crippen LogP contribution is 2.32. The first-order valence-corrected chi connectivity index (χ1v) is 9.76. The molecular weight excluding hydrogens is 455 g/mol. The number of fused-ring (bicyclic) bond motifs is 1. The largest absolute Gasteiger partial charge is 0.480 e. The van der Waals surface area contributed by atoms with E-state index in [1.165, 1.54) is 4.90 Å². The summed E-state index contributed by atoms with van der Waals surface area (Å²) >= 11 is 6.01. The van der Waals surface area contributed by atoms with Crippen LogP contribution >= 0.6 is 36.4 Å². The van der Waals surface area contributed by atoms with E-state index < -0.39 is 30.6 Å². The van der Waals surface area contributed by atoms with Gasteiger partial charge in [-0.3, -0.25) is 9.59 Å². The van der Waals surface area contributed by atoms with Crippen molar-refractivity contribution in [1.29, 1.82) is 0 Å². The Labute approximate surface area is 193 Å². The highest BCUT2D eigenvalue weighted by molar-refractivity contribution is 6.40. The molecule has 2 aliphatic rings. The lowest BCUT2D eigenvalue weighted by Crippen LogP contribution is -2.56. The van der Waals surface area contributed by atoms with Crippen LogP contribution in [0.25, 0.3) is 0 Å². The average molecular weight is 483 g/mol. The molecule has 1 amide bonds. The SMILES string of the molecule is Cl.Cl.N[C@@]1(C(=O)O)CN(C(=O)C2Cc3ccc(Cl)cc3CN2)C[C@@H]1CCCB(O)O. The number of carboxylic acids is 1. The quantitative estimate of drug-likeness (QED) is 0.377. The van der Waals surface area contributed by atoms with Gasteiger partial charge in [-0.15, -0.1) is 24.8 Å². The van der Waals surface area contributed by atoms with Gasteiger partial charge in [0.1, 0.15) is 5.54 Å². The van der Waals surface area contributed by atoms with E-state index in [9.17, 15) is 14.7 Å². The number of nitrogens with one attached hydrogen (secondary N) is 1. The molecule has 1 saturated heterocycles. The van der Waals surface area contributed by atoms with Crippen LogP contribution in [0.5, 0.6) is 0 Å². The van der Waals surface area contributed by atoms with Crippen molar-refractivity contribution in [3.63, 3.8) is 0 Å². The molecule has 0 aliphatic carbocycles. The summed E-state index contributed by atoms with van der Waals surface area (Å²) in [6, 6.07) is 5.14. The molecule has 6 N–H and O–H groups in total. The number of halogens is 3. The van der Waals surface area contributed by atoms with Crippen LogP contribution < -0.4 is 11.1 Å². The molecule has 30 heavy (non-hydrogen) atoms. The number of nitrogens with two attached hydrogens (primary N) is 1. The van der Waals surface area contributed by atoms with Gasteiger partial charge in [0.25, 0.3) is 0 Å². The van der Waals surface area contributed by atoms with Crippen molar-refractivity contribution in [2.75, 3.05) is 13.1 Å². The second-order valence-corrected chi connectivity index (χ2v) is 8.16. The van der Waals surface area contributed by atoms with E-state index in [2.05, 4.69) is 5.32 Å². The molecular formula is C18H27BCl3N3O5. The number of aliphatic carboxylic acids is 1. The number of carbonyl (C=O) groups excluding carboxylic acids is 1. The van der Waals surface area contributed by atoms with E-state index in [1.54, 1.807) is 6.07 Å². The van der Waals surface area contributed by atoms with E-state index in [-0.39, 0.29) is 50.1 Å². The first-order valence-electron chi connectivity index (χ1n) is 9.38. The molecule has 2 aliphatic heterocycles. The number of nitrogens with zero attached hydrogens (tertiary/aromatic N) is 1. The fourth-order valence-electron chi connectivity index (χ4n) is 4.12. The number of likely N-dealkylation sites (tertiary alicyclic amines) is 1. The Morgan fingerprint density at radius 2 is 2.00 bits per heavy atom. The van der Waals surface area contributed by atoms with Crippen molar-refractivity contribution >= 4 is 55.4 Å². The van der Waals surface area contributed by atoms with E-state index in [0.29, 0.717) is 30.8 Å². The summed E-state index contributed by atoms with van der Waals surface area (Å²) < 4.78 is 0. The van der Waals surface area contributed by atoms with E-state index in [0.717, 1.165) is 11.1 Å². The Hall–Kier alpha value is -1.07. The van der Waals surface area contributed by atoms with Crippen molar-refractivity contribution in [1.82, 2.24) is 10.2 Å². The van der Waals surface area contributed by atoms with Gasteiger partial charge in [-0.05, 0) is 42.4 Å². The molecule has 3 rings (SSSR count). The molecule has 1 aromatic carbocycles. The minimum absolute atomic E-state index is 0. The number of benzene rings is 1. The molecule has 0 radical (unpaired) electrons. The highest BCUT2D eigenvalue weighted by Gasteiger charge is 2.51. The molecule has 8 nitrogen and oxygen atoms in total. The summed E-state index contributed by atoms with van der Waals surface area (Å²) in [6.45, 7) is 0.707. The standard InChI is InChI=1S/C18H25BClN3O5.2ClH/c20-14-4-3-11-7-15(22-8-12(11)6-14)16(24)23-9-13(2-1-5-19(27)28)18(21,10-23)17(25)26;;/h3-4,6,13,15,22,27-28H,1-2,5,7-10,21H2,(H,25,26);2*1H/t13-,15?,18-;;/m0../s1. The summed E-state index contributed by atoms with van der Waals surface area (Å²) in [4.78, 5) is 26.3. The Balaban J connectivity index is 0.00000225. The van der Waals surface area contributed by atoms with Crippen molar-refractivity contribution in [3.05, 3.63) is 34.3 Å². The predicted molar refractivity (Wildman–Crippen MR) is 119 cm³/mol. The van der Waals surface area contributed by atoms with Gasteiger partial charge in [0.2, 0.25) is 5.91 Å². The van der Waals surface area contributed by atoms with Gasteiger partial charge < -0.3 is 31.1 Å². The Morgan fingerprint density at radius 1 is 1.30 bits per heavy atom. The van der Waals surface area contributed by atoms with Gasteiger partial charge in [-0.1, -0.05) is 24.1 Å². The van der Waals surface area contributed by atoms with Crippen molar-refractivity contribution in [2.45, 2.75) is 43.7 Å². The lowest BCUT2D eigenvalue weighted by Gasteiger charge is -2.29. The fraction of sp³-hybridized carbons (Fsp3) is 0.556. The number of carbonyl (C=O) groups is 2. The average Bonchev–Trinajstić information content (AvgIpc) is 2.98. The minimum atomic E-state index is -1.53. The zero-order valence-electron chi connectivity index (χ0n) is 16.3. The van der Waals surface area contributed by atoms with Gasteiger partial charge in [0.15, 0.2) is 0 Å². The van der Waals surface area contributed by atoms with Crippen LogP contribution in [0.2, 0.25) is 11.3 Å². The zero-order valence-corrected chi connectivity index (χ0v) is 18.7. The van der Waals surface area contributed by atoms with E-state index >= 15 is 0 Å². The van der Waals surface area contributed by atoms with Crippen LogP contribution in [-0.4, -0.2) is 63.7 Å². The number of hydrogen-bond acceptors (Lipinski definition) is 6. The summed E-state index contributed by atoms with van der Waals surface area (Å²) in [5, 5.41) is 31.5. The maximum atomic E-state index is 13.0. The molecule has 0 aromatic heterocycles. The molecule has 1 aromatic rings. The summed E-state index contributed by atoms with van der Waals surface area (Å²) in [6.07, 6.45) is 1.48. The predicted octanol–water partition coefficient (Wildman–Crippen LogP) is 0.691.